The van der Waals surface area contributed by atoms with Gasteiger partial charge in [0.05, 0.1) is 5.75 Å². The van der Waals surface area contributed by atoms with E-state index >= 15 is 0 Å². The predicted octanol–water partition coefficient (Wildman–Crippen LogP) is 2.78. The van der Waals surface area contributed by atoms with E-state index in [4.69, 9.17) is 0 Å². The Morgan fingerprint density at radius 2 is 1.87 bits per heavy atom. The fourth-order valence-electron chi connectivity index (χ4n) is 2.69. The van der Waals surface area contributed by atoms with E-state index in [1.807, 2.05) is 26.8 Å². The number of aromatic amines is 1. The number of aryl methyl sites for hydroxylation is 1. The topological polar surface area (TPSA) is 72.7 Å². The smallest absolute Gasteiger partial charge is 0.343 e. The average Bonchev–Trinajstić information content (AvgIpc) is 3.01. The van der Waals surface area contributed by atoms with Crippen LogP contribution in [0.3, 0.4) is 0 Å². The summed E-state index contributed by atoms with van der Waals surface area (Å²) in [6.07, 6.45) is 1.88. The molecule has 0 aliphatic carbocycles. The molecule has 0 bridgehead atoms. The number of rotatable bonds is 8. The molecule has 1 N–H and O–H groups in total. The molecule has 0 radical (unpaired) electrons. The first-order valence-electron chi connectivity index (χ1n) is 7.97. The fraction of sp³-hybridized carbons (Fsp3) is 0.562. The number of hydrogen-bond acceptors (Lipinski definition) is 4. The number of aromatic nitrogens is 4. The highest BCUT2D eigenvalue weighted by Crippen LogP contribution is 2.20. The Balaban J connectivity index is 2.12. The molecule has 0 unspecified atom stereocenters. The second-order valence-corrected chi connectivity index (χ2v) is 6.55. The monoisotopic (exact) mass is 336 g/mol. The van der Waals surface area contributed by atoms with E-state index in [0.717, 1.165) is 36.3 Å². The molecule has 0 saturated carbocycles. The number of carbonyl (C=O) groups is 1. The lowest BCUT2D eigenvalue weighted by Gasteiger charge is -2.07. The van der Waals surface area contributed by atoms with Crippen molar-refractivity contribution in [3.05, 3.63) is 33.5 Å². The number of ketones is 1. The van der Waals surface area contributed by atoms with Gasteiger partial charge in [0.25, 0.3) is 0 Å². The lowest BCUT2D eigenvalue weighted by atomic mass is 10.2. The second-order valence-electron chi connectivity index (χ2n) is 5.61. The van der Waals surface area contributed by atoms with Crippen LogP contribution in [-0.2, 0) is 13.1 Å². The molecule has 2 rings (SSSR count). The van der Waals surface area contributed by atoms with Crippen molar-refractivity contribution in [2.45, 2.75) is 58.8 Å². The van der Waals surface area contributed by atoms with Crippen LogP contribution in [0.25, 0.3) is 0 Å². The Morgan fingerprint density at radius 3 is 2.52 bits per heavy atom. The van der Waals surface area contributed by atoms with Gasteiger partial charge >= 0.3 is 5.69 Å². The first kappa shape index (κ1) is 17.6. The van der Waals surface area contributed by atoms with Crippen molar-refractivity contribution in [3.63, 3.8) is 0 Å². The minimum Gasteiger partial charge on any atom is -0.348 e. The molecule has 0 aromatic carbocycles. The van der Waals surface area contributed by atoms with Gasteiger partial charge in [0.15, 0.2) is 10.9 Å². The van der Waals surface area contributed by atoms with Crippen LogP contribution in [0.4, 0.5) is 0 Å². The number of Topliss-reactive ketones (excluding diaryl/α,β-unsaturated/α-hetero) is 1. The lowest BCUT2D eigenvalue weighted by Crippen LogP contribution is -2.17. The highest BCUT2D eigenvalue weighted by atomic mass is 32.2. The van der Waals surface area contributed by atoms with Crippen LogP contribution in [-0.4, -0.2) is 30.9 Å². The Kier molecular flexibility index (Phi) is 5.87. The molecule has 0 aliphatic rings. The largest absolute Gasteiger partial charge is 0.348 e. The third-order valence-corrected chi connectivity index (χ3v) is 4.80. The van der Waals surface area contributed by atoms with Crippen LogP contribution in [0, 0.1) is 13.8 Å². The zero-order valence-electron chi connectivity index (χ0n) is 14.2. The summed E-state index contributed by atoms with van der Waals surface area (Å²) in [5.74, 6) is 0.355. The van der Waals surface area contributed by atoms with E-state index in [9.17, 15) is 9.59 Å². The number of H-pyrrole nitrogens is 1. The van der Waals surface area contributed by atoms with Crippen LogP contribution in [0.15, 0.2) is 16.0 Å². The first-order chi connectivity index (χ1) is 11.0. The van der Waals surface area contributed by atoms with Crippen LogP contribution in [0.2, 0.25) is 0 Å². The van der Waals surface area contributed by atoms with Crippen molar-refractivity contribution < 1.29 is 4.79 Å². The van der Waals surface area contributed by atoms with Gasteiger partial charge in [0.2, 0.25) is 0 Å². The number of hydrogen-bond donors (Lipinski definition) is 1. The van der Waals surface area contributed by atoms with E-state index in [1.54, 1.807) is 4.57 Å². The van der Waals surface area contributed by atoms with E-state index in [2.05, 4.69) is 21.7 Å². The van der Waals surface area contributed by atoms with Crippen molar-refractivity contribution in [2.75, 3.05) is 5.75 Å². The molecule has 6 nitrogen and oxygen atoms in total. The average molecular weight is 336 g/mol. The van der Waals surface area contributed by atoms with Crippen molar-refractivity contribution in [3.8, 4) is 0 Å². The molecule has 2 aromatic rings. The quantitative estimate of drug-likeness (QED) is 0.594. The molecule has 0 atom stereocenters. The van der Waals surface area contributed by atoms with Gasteiger partial charge in [-0.3, -0.25) is 9.36 Å². The van der Waals surface area contributed by atoms with Crippen LogP contribution in [0.1, 0.15) is 48.4 Å². The van der Waals surface area contributed by atoms with Crippen molar-refractivity contribution in [1.29, 1.82) is 0 Å². The molecular formula is C16H24N4O2S. The molecule has 2 heterocycles. The van der Waals surface area contributed by atoms with Gasteiger partial charge in [0, 0.05) is 30.0 Å². The Hall–Kier alpha value is -1.76. The summed E-state index contributed by atoms with van der Waals surface area (Å²) >= 11 is 1.31. The van der Waals surface area contributed by atoms with Gasteiger partial charge in [-0.05, 0) is 32.8 Å². The first-order valence-corrected chi connectivity index (χ1v) is 8.96. The summed E-state index contributed by atoms with van der Waals surface area (Å²) in [4.78, 5) is 24.2. The molecule has 0 amide bonds. The highest BCUT2D eigenvalue weighted by molar-refractivity contribution is 7.99. The van der Waals surface area contributed by atoms with Crippen LogP contribution < -0.4 is 5.69 Å². The van der Waals surface area contributed by atoms with Gasteiger partial charge in [-0.2, -0.15) is 0 Å². The Morgan fingerprint density at radius 1 is 1.22 bits per heavy atom. The summed E-state index contributed by atoms with van der Waals surface area (Å²) in [6, 6.07) is 1.96. The molecular weight excluding hydrogens is 312 g/mol. The van der Waals surface area contributed by atoms with Gasteiger partial charge in [-0.15, -0.1) is 5.10 Å². The van der Waals surface area contributed by atoms with Crippen molar-refractivity contribution >= 4 is 17.5 Å². The molecule has 126 valence electrons. The summed E-state index contributed by atoms with van der Waals surface area (Å²) in [5.41, 5.74) is 2.68. The molecule has 23 heavy (non-hydrogen) atoms. The number of nitrogens with one attached hydrogen (secondary N) is 1. The van der Waals surface area contributed by atoms with E-state index in [-0.39, 0.29) is 17.2 Å². The summed E-state index contributed by atoms with van der Waals surface area (Å²) in [5, 5.41) is 7.03. The molecule has 0 fully saturated rings. The minimum absolute atomic E-state index is 0.0731. The number of nitrogens with zero attached hydrogens (tertiary/aromatic N) is 3. The van der Waals surface area contributed by atoms with E-state index < -0.39 is 0 Å². The molecule has 7 heteroatoms. The van der Waals surface area contributed by atoms with Crippen molar-refractivity contribution in [2.24, 2.45) is 0 Å². The van der Waals surface area contributed by atoms with Gasteiger partial charge in [-0.1, -0.05) is 25.6 Å². The minimum atomic E-state index is -0.220. The maximum Gasteiger partial charge on any atom is 0.343 e. The molecule has 0 saturated heterocycles. The summed E-state index contributed by atoms with van der Waals surface area (Å²) < 4.78 is 3.76. The zero-order valence-corrected chi connectivity index (χ0v) is 15.0. The predicted molar refractivity (Wildman–Crippen MR) is 92.4 cm³/mol. The lowest BCUT2D eigenvalue weighted by molar-refractivity contribution is 0.102. The number of thioether (sulfide) groups is 1. The number of carbonyl (C=O) groups excluding carboxylic acids is 1. The van der Waals surface area contributed by atoms with Crippen LogP contribution in [0.5, 0.6) is 0 Å². The standard InChI is InChI=1S/C16H24N4O2S/c1-5-7-19-11(3)9-13(12(19)4)14(21)10-23-16-18-17-15(22)20(16)8-6-2/h9H,5-8,10H2,1-4H3,(H,17,22). The maximum absolute atomic E-state index is 12.5. The molecule has 0 aliphatic heterocycles. The fourth-order valence-corrected chi connectivity index (χ4v) is 3.55. The van der Waals surface area contributed by atoms with E-state index in [0.29, 0.717) is 11.7 Å². The Bertz CT molecular complexity index is 742. The summed E-state index contributed by atoms with van der Waals surface area (Å²) in [6.45, 7) is 9.67. The van der Waals surface area contributed by atoms with Crippen LogP contribution >= 0.6 is 11.8 Å². The molecule has 2 aromatic heterocycles. The second kappa shape index (κ2) is 7.68. The zero-order chi connectivity index (χ0) is 17.0. The third kappa shape index (κ3) is 3.77. The van der Waals surface area contributed by atoms with Crippen molar-refractivity contribution in [1.82, 2.24) is 19.3 Å². The van der Waals surface area contributed by atoms with Gasteiger partial charge in [-0.25, -0.2) is 9.89 Å². The SMILES string of the molecule is CCCn1c(C)cc(C(=O)CSc2n[nH]c(=O)n2CCC)c1C. The maximum atomic E-state index is 12.5. The molecule has 0 spiro atoms. The van der Waals surface area contributed by atoms with Gasteiger partial charge in [0.1, 0.15) is 0 Å². The Labute approximate surface area is 140 Å². The third-order valence-electron chi connectivity index (χ3n) is 3.82. The highest BCUT2D eigenvalue weighted by Gasteiger charge is 2.17. The normalized spacial score (nSPS) is 11.1. The summed E-state index contributed by atoms with van der Waals surface area (Å²) in [7, 11) is 0. The van der Waals surface area contributed by atoms with E-state index in [1.165, 1.54) is 11.8 Å². The van der Waals surface area contributed by atoms with Gasteiger partial charge < -0.3 is 4.57 Å².